The first-order chi connectivity index (χ1) is 5.84. The third-order valence-corrected chi connectivity index (χ3v) is 2.52. The predicted octanol–water partition coefficient (Wildman–Crippen LogP) is 0.317. The van der Waals surface area contributed by atoms with Crippen LogP contribution in [0.2, 0.25) is 0 Å². The third-order valence-electron chi connectivity index (χ3n) is 2.52. The van der Waals surface area contributed by atoms with Gasteiger partial charge in [0.05, 0.1) is 6.61 Å². The Bertz CT molecular complexity index is 119. The van der Waals surface area contributed by atoms with E-state index in [4.69, 9.17) is 4.74 Å². The molecule has 1 fully saturated rings. The fourth-order valence-electron chi connectivity index (χ4n) is 1.60. The first-order valence-electron chi connectivity index (χ1n) is 4.78. The first kappa shape index (κ1) is 9.96. The summed E-state index contributed by atoms with van der Waals surface area (Å²) in [4.78, 5) is 2.49. The molecule has 0 aromatic carbocycles. The van der Waals surface area contributed by atoms with Crippen molar-refractivity contribution < 1.29 is 4.74 Å². The molecule has 1 saturated heterocycles. The summed E-state index contributed by atoms with van der Waals surface area (Å²) >= 11 is 0. The number of nitrogens with one attached hydrogen (secondary N) is 1. The molecule has 3 nitrogen and oxygen atoms in total. The molecule has 0 radical (unpaired) electrons. The number of ether oxygens (including phenoxy) is 1. The lowest BCUT2D eigenvalue weighted by molar-refractivity contribution is 0.129. The second kappa shape index (κ2) is 5.51. The van der Waals surface area contributed by atoms with Crippen molar-refractivity contribution in [2.75, 3.05) is 39.9 Å². The van der Waals surface area contributed by atoms with Gasteiger partial charge in [0.1, 0.15) is 0 Å². The van der Waals surface area contributed by atoms with E-state index in [1.165, 1.54) is 6.42 Å². The topological polar surface area (TPSA) is 24.5 Å². The van der Waals surface area contributed by atoms with Crippen molar-refractivity contribution in [1.82, 2.24) is 10.2 Å². The number of rotatable bonds is 3. The zero-order valence-electron chi connectivity index (χ0n) is 8.18. The minimum atomic E-state index is 0.704. The van der Waals surface area contributed by atoms with Crippen LogP contribution in [-0.2, 0) is 4.74 Å². The Morgan fingerprint density at radius 2 is 2.33 bits per heavy atom. The predicted molar refractivity (Wildman–Crippen MR) is 50.4 cm³/mol. The highest BCUT2D eigenvalue weighted by Crippen LogP contribution is 2.04. The molecule has 0 aliphatic carbocycles. The molecule has 1 heterocycles. The summed E-state index contributed by atoms with van der Waals surface area (Å²) in [6.45, 7) is 7.65. The Balaban J connectivity index is 2.26. The Morgan fingerprint density at radius 1 is 1.50 bits per heavy atom. The van der Waals surface area contributed by atoms with E-state index in [2.05, 4.69) is 17.1 Å². The van der Waals surface area contributed by atoms with E-state index >= 15 is 0 Å². The van der Waals surface area contributed by atoms with E-state index in [0.29, 0.717) is 6.04 Å². The summed E-state index contributed by atoms with van der Waals surface area (Å²) in [6, 6.07) is 0.704. The lowest BCUT2D eigenvalue weighted by Gasteiger charge is -2.25. The average molecular weight is 172 g/mol. The molecule has 0 amide bonds. The zero-order chi connectivity index (χ0) is 8.81. The minimum absolute atomic E-state index is 0.704. The summed E-state index contributed by atoms with van der Waals surface area (Å²) in [7, 11) is 1.76. The lowest BCUT2D eigenvalue weighted by Crippen LogP contribution is -2.36. The quantitative estimate of drug-likeness (QED) is 0.663. The molecular weight excluding hydrogens is 152 g/mol. The molecule has 0 saturated carbocycles. The van der Waals surface area contributed by atoms with Crippen LogP contribution in [0.4, 0.5) is 0 Å². The molecular formula is C9H20N2O. The molecule has 0 bridgehead atoms. The summed E-state index contributed by atoms with van der Waals surface area (Å²) in [5.74, 6) is 0. The standard InChI is InChI=1S/C9H20N2O/c1-9-3-4-10-5-6-11(9)7-8-12-2/h9-10H,3-8H2,1-2H3. The van der Waals surface area contributed by atoms with Crippen LogP contribution in [0.5, 0.6) is 0 Å². The molecule has 72 valence electrons. The molecule has 1 unspecified atom stereocenters. The monoisotopic (exact) mass is 172 g/mol. The fraction of sp³-hybridized carbons (Fsp3) is 1.00. The second-order valence-corrected chi connectivity index (χ2v) is 3.42. The maximum atomic E-state index is 5.07. The summed E-state index contributed by atoms with van der Waals surface area (Å²) in [5, 5.41) is 3.40. The van der Waals surface area contributed by atoms with E-state index in [9.17, 15) is 0 Å². The van der Waals surface area contributed by atoms with Crippen molar-refractivity contribution in [1.29, 1.82) is 0 Å². The summed E-state index contributed by atoms with van der Waals surface area (Å²) in [5.41, 5.74) is 0. The number of nitrogens with zero attached hydrogens (tertiary/aromatic N) is 1. The molecule has 1 aliphatic rings. The van der Waals surface area contributed by atoms with E-state index < -0.39 is 0 Å². The van der Waals surface area contributed by atoms with Crippen molar-refractivity contribution in [3.05, 3.63) is 0 Å². The van der Waals surface area contributed by atoms with Crippen molar-refractivity contribution in [3.8, 4) is 0 Å². The normalized spacial score (nSPS) is 27.0. The van der Waals surface area contributed by atoms with Gasteiger partial charge in [0.25, 0.3) is 0 Å². The van der Waals surface area contributed by atoms with Gasteiger partial charge in [0, 0.05) is 32.8 Å². The molecule has 12 heavy (non-hydrogen) atoms. The van der Waals surface area contributed by atoms with Crippen LogP contribution in [0.25, 0.3) is 0 Å². The van der Waals surface area contributed by atoms with Gasteiger partial charge in [-0.1, -0.05) is 0 Å². The summed E-state index contributed by atoms with van der Waals surface area (Å²) < 4.78 is 5.07. The molecule has 0 spiro atoms. The first-order valence-corrected chi connectivity index (χ1v) is 4.78. The van der Waals surface area contributed by atoms with Crippen LogP contribution in [-0.4, -0.2) is 50.8 Å². The lowest BCUT2D eigenvalue weighted by atomic mass is 10.2. The van der Waals surface area contributed by atoms with E-state index in [0.717, 1.165) is 32.8 Å². The van der Waals surface area contributed by atoms with Crippen LogP contribution in [0.3, 0.4) is 0 Å². The van der Waals surface area contributed by atoms with Crippen molar-refractivity contribution in [3.63, 3.8) is 0 Å². The van der Waals surface area contributed by atoms with Gasteiger partial charge in [0.15, 0.2) is 0 Å². The SMILES string of the molecule is COCCN1CCNCCC1C. The van der Waals surface area contributed by atoms with Crippen LogP contribution < -0.4 is 5.32 Å². The molecule has 0 aromatic rings. The fourth-order valence-corrected chi connectivity index (χ4v) is 1.60. The molecule has 0 aromatic heterocycles. The van der Waals surface area contributed by atoms with Gasteiger partial charge in [-0.3, -0.25) is 4.90 Å². The van der Waals surface area contributed by atoms with Gasteiger partial charge in [-0.05, 0) is 19.9 Å². The largest absolute Gasteiger partial charge is 0.383 e. The maximum absolute atomic E-state index is 5.07. The van der Waals surface area contributed by atoms with Crippen molar-refractivity contribution >= 4 is 0 Å². The van der Waals surface area contributed by atoms with Gasteiger partial charge < -0.3 is 10.1 Å². The molecule has 3 heteroatoms. The third kappa shape index (κ3) is 3.09. The number of hydrogen-bond donors (Lipinski definition) is 1. The highest BCUT2D eigenvalue weighted by atomic mass is 16.5. The van der Waals surface area contributed by atoms with E-state index in [-0.39, 0.29) is 0 Å². The van der Waals surface area contributed by atoms with Gasteiger partial charge >= 0.3 is 0 Å². The highest BCUT2D eigenvalue weighted by Gasteiger charge is 2.15. The van der Waals surface area contributed by atoms with Crippen LogP contribution >= 0.6 is 0 Å². The maximum Gasteiger partial charge on any atom is 0.0589 e. The smallest absolute Gasteiger partial charge is 0.0589 e. The van der Waals surface area contributed by atoms with E-state index in [1.807, 2.05) is 0 Å². The zero-order valence-corrected chi connectivity index (χ0v) is 8.18. The Labute approximate surface area is 75.1 Å². The van der Waals surface area contributed by atoms with Crippen molar-refractivity contribution in [2.24, 2.45) is 0 Å². The van der Waals surface area contributed by atoms with Crippen LogP contribution in [0.15, 0.2) is 0 Å². The number of hydrogen-bond acceptors (Lipinski definition) is 3. The second-order valence-electron chi connectivity index (χ2n) is 3.42. The number of methoxy groups -OCH3 is 1. The van der Waals surface area contributed by atoms with Gasteiger partial charge in [-0.15, -0.1) is 0 Å². The summed E-state index contributed by atoms with van der Waals surface area (Å²) in [6.07, 6.45) is 1.25. The Morgan fingerprint density at radius 3 is 3.08 bits per heavy atom. The highest BCUT2D eigenvalue weighted by molar-refractivity contribution is 4.72. The molecule has 1 rings (SSSR count). The molecule has 1 aliphatic heterocycles. The van der Waals surface area contributed by atoms with Gasteiger partial charge in [-0.25, -0.2) is 0 Å². The Kier molecular flexibility index (Phi) is 4.58. The van der Waals surface area contributed by atoms with E-state index in [1.54, 1.807) is 7.11 Å². The minimum Gasteiger partial charge on any atom is -0.383 e. The van der Waals surface area contributed by atoms with Gasteiger partial charge in [-0.2, -0.15) is 0 Å². The van der Waals surface area contributed by atoms with Crippen molar-refractivity contribution in [2.45, 2.75) is 19.4 Å². The van der Waals surface area contributed by atoms with Crippen LogP contribution in [0, 0.1) is 0 Å². The molecule has 1 atom stereocenters. The van der Waals surface area contributed by atoms with Crippen LogP contribution in [0.1, 0.15) is 13.3 Å². The average Bonchev–Trinajstić information content (AvgIpc) is 2.27. The van der Waals surface area contributed by atoms with Gasteiger partial charge in [0.2, 0.25) is 0 Å². The molecule has 1 N–H and O–H groups in total. The Hall–Kier alpha value is -0.120.